The summed E-state index contributed by atoms with van der Waals surface area (Å²) in [6, 6.07) is 2.97. The van der Waals surface area contributed by atoms with Gasteiger partial charge in [0, 0.05) is 12.2 Å². The first-order valence-corrected chi connectivity index (χ1v) is 6.08. The van der Waals surface area contributed by atoms with E-state index < -0.39 is 17.8 Å². The molecule has 0 aliphatic heterocycles. The first-order valence-electron chi connectivity index (χ1n) is 6.08. The van der Waals surface area contributed by atoms with Crippen LogP contribution < -0.4 is 11.1 Å². The van der Waals surface area contributed by atoms with Gasteiger partial charge in [-0.1, -0.05) is 13.8 Å². The number of anilines is 1. The Morgan fingerprint density at radius 1 is 1.40 bits per heavy atom. The predicted octanol–water partition coefficient (Wildman–Crippen LogP) is 3.37. The molecule has 3 N–H and O–H groups in total. The number of nitrogens with two attached hydrogens (primary N) is 1. The number of halogens is 3. The number of ether oxygens (including phenoxy) is 1. The van der Waals surface area contributed by atoms with E-state index in [0.29, 0.717) is 0 Å². The summed E-state index contributed by atoms with van der Waals surface area (Å²) in [6.07, 6.45) is -5.16. The Balaban J connectivity index is 2.83. The Morgan fingerprint density at radius 3 is 2.55 bits per heavy atom. The zero-order chi connectivity index (χ0) is 15.3. The van der Waals surface area contributed by atoms with Crippen molar-refractivity contribution in [2.45, 2.75) is 26.6 Å². The number of benzene rings is 1. The van der Waals surface area contributed by atoms with Crippen LogP contribution >= 0.6 is 0 Å². The van der Waals surface area contributed by atoms with Crippen molar-refractivity contribution in [1.82, 2.24) is 0 Å². The number of hydrogen-bond donors (Lipinski definition) is 2. The maximum atomic E-state index is 12.6. The van der Waals surface area contributed by atoms with Gasteiger partial charge < -0.3 is 10.5 Å². The molecule has 0 saturated carbocycles. The average Bonchev–Trinajstić information content (AvgIpc) is 2.35. The van der Waals surface area contributed by atoms with Crippen molar-refractivity contribution < 1.29 is 22.7 Å². The van der Waals surface area contributed by atoms with Crippen LogP contribution in [0.2, 0.25) is 0 Å². The van der Waals surface area contributed by atoms with Crippen molar-refractivity contribution in [2.24, 2.45) is 11.7 Å². The maximum absolute atomic E-state index is 12.6. The summed E-state index contributed by atoms with van der Waals surface area (Å²) >= 11 is 0. The van der Waals surface area contributed by atoms with Gasteiger partial charge in [0.2, 0.25) is 0 Å². The lowest BCUT2D eigenvalue weighted by atomic mass is 10.1. The quantitative estimate of drug-likeness (QED) is 0.893. The third-order valence-electron chi connectivity index (χ3n) is 2.44. The monoisotopic (exact) mass is 290 g/mol. The van der Waals surface area contributed by atoms with Crippen LogP contribution in [0.4, 0.5) is 23.7 Å². The molecule has 0 fully saturated rings. The molecule has 4 nitrogen and oxygen atoms in total. The van der Waals surface area contributed by atoms with E-state index in [2.05, 4.69) is 5.32 Å². The van der Waals surface area contributed by atoms with Crippen LogP contribution in [-0.2, 0) is 17.5 Å². The molecule has 0 spiro atoms. The fourth-order valence-corrected chi connectivity index (χ4v) is 1.45. The fraction of sp³-hybridized carbons (Fsp3) is 0.462. The van der Waals surface area contributed by atoms with Crippen LogP contribution in [0.3, 0.4) is 0 Å². The van der Waals surface area contributed by atoms with Gasteiger partial charge in [-0.2, -0.15) is 13.2 Å². The third-order valence-corrected chi connectivity index (χ3v) is 2.44. The molecule has 0 aromatic heterocycles. The minimum Gasteiger partial charge on any atom is -0.449 e. The lowest BCUT2D eigenvalue weighted by Crippen LogP contribution is -2.18. The van der Waals surface area contributed by atoms with Crippen molar-refractivity contribution in [1.29, 1.82) is 0 Å². The van der Waals surface area contributed by atoms with E-state index in [1.54, 1.807) is 0 Å². The largest absolute Gasteiger partial charge is 0.449 e. The molecule has 1 aromatic carbocycles. The second kappa shape index (κ2) is 6.60. The summed E-state index contributed by atoms with van der Waals surface area (Å²) in [5.41, 5.74) is 5.01. The smallest absolute Gasteiger partial charge is 0.416 e. The van der Waals surface area contributed by atoms with E-state index in [0.717, 1.165) is 12.1 Å². The molecule has 0 unspecified atom stereocenters. The number of rotatable bonds is 4. The number of carbonyl (C=O) groups is 1. The fourth-order valence-electron chi connectivity index (χ4n) is 1.45. The molecule has 20 heavy (non-hydrogen) atoms. The van der Waals surface area contributed by atoms with Crippen LogP contribution in [0.5, 0.6) is 0 Å². The molecule has 0 atom stereocenters. The molecule has 0 radical (unpaired) electrons. The average molecular weight is 290 g/mol. The number of carbonyl (C=O) groups excluding carboxylic acids is 1. The topological polar surface area (TPSA) is 64.3 Å². The van der Waals surface area contributed by atoms with Gasteiger partial charge in [-0.15, -0.1) is 0 Å². The van der Waals surface area contributed by atoms with E-state index in [4.69, 9.17) is 10.5 Å². The molecule has 0 aliphatic rings. The van der Waals surface area contributed by atoms with Crippen LogP contribution in [0.25, 0.3) is 0 Å². The summed E-state index contributed by atoms with van der Waals surface area (Å²) in [5.74, 6) is 0.169. The second-order valence-corrected chi connectivity index (χ2v) is 4.69. The van der Waals surface area contributed by atoms with Gasteiger partial charge >= 0.3 is 12.3 Å². The molecule has 1 amide bonds. The van der Waals surface area contributed by atoms with Crippen molar-refractivity contribution in [3.63, 3.8) is 0 Å². The molecule has 0 saturated heterocycles. The van der Waals surface area contributed by atoms with E-state index >= 15 is 0 Å². The predicted molar refractivity (Wildman–Crippen MR) is 69.1 cm³/mol. The van der Waals surface area contributed by atoms with Gasteiger partial charge in [-0.25, -0.2) is 4.79 Å². The van der Waals surface area contributed by atoms with Crippen molar-refractivity contribution in [3.05, 3.63) is 29.3 Å². The molecular formula is C13H17F3N2O2. The standard InChI is InChI=1S/C13H17F3N2O2/c1-8(2)7-20-12(19)18-11-4-3-10(13(14,15)16)5-9(11)6-17/h3-5,8H,6-7,17H2,1-2H3,(H,18,19). The van der Waals surface area contributed by atoms with Gasteiger partial charge in [-0.05, 0) is 29.7 Å². The first kappa shape index (κ1) is 16.3. The number of nitrogens with one attached hydrogen (secondary N) is 1. The Kier molecular flexibility index (Phi) is 5.38. The van der Waals surface area contributed by atoms with Crippen molar-refractivity contribution >= 4 is 11.8 Å². The highest BCUT2D eigenvalue weighted by molar-refractivity contribution is 5.85. The molecule has 1 aromatic rings. The summed E-state index contributed by atoms with van der Waals surface area (Å²) < 4.78 is 42.6. The lowest BCUT2D eigenvalue weighted by Gasteiger charge is -2.14. The van der Waals surface area contributed by atoms with E-state index in [9.17, 15) is 18.0 Å². The highest BCUT2D eigenvalue weighted by Crippen LogP contribution is 2.31. The van der Waals surface area contributed by atoms with Gasteiger partial charge in [0.25, 0.3) is 0 Å². The zero-order valence-electron chi connectivity index (χ0n) is 11.3. The van der Waals surface area contributed by atoms with E-state index in [1.165, 1.54) is 6.07 Å². The normalized spacial score (nSPS) is 11.6. The summed E-state index contributed by atoms with van der Waals surface area (Å²) in [4.78, 5) is 11.5. The maximum Gasteiger partial charge on any atom is 0.416 e. The van der Waals surface area contributed by atoms with Gasteiger partial charge in [0.15, 0.2) is 0 Å². The second-order valence-electron chi connectivity index (χ2n) is 4.69. The number of hydrogen-bond acceptors (Lipinski definition) is 3. The van der Waals surface area contributed by atoms with Gasteiger partial charge in [0.05, 0.1) is 12.2 Å². The molecule has 7 heteroatoms. The first-order chi connectivity index (χ1) is 9.24. The van der Waals surface area contributed by atoms with Crippen LogP contribution in [0.1, 0.15) is 25.0 Å². The molecule has 0 bridgehead atoms. The van der Waals surface area contributed by atoms with Crippen LogP contribution in [0.15, 0.2) is 18.2 Å². The third kappa shape index (κ3) is 4.73. The van der Waals surface area contributed by atoms with Gasteiger partial charge in [0.1, 0.15) is 0 Å². The molecule has 0 heterocycles. The zero-order valence-corrected chi connectivity index (χ0v) is 11.3. The Bertz CT molecular complexity index is 473. The SMILES string of the molecule is CC(C)COC(=O)Nc1ccc(C(F)(F)F)cc1CN. The molecule has 112 valence electrons. The minimum absolute atomic E-state index is 0.121. The van der Waals surface area contributed by atoms with E-state index in [1.807, 2.05) is 13.8 Å². The van der Waals surface area contributed by atoms with Crippen LogP contribution in [-0.4, -0.2) is 12.7 Å². The minimum atomic E-state index is -4.44. The molecule has 0 aliphatic carbocycles. The van der Waals surface area contributed by atoms with Crippen molar-refractivity contribution in [3.8, 4) is 0 Å². The summed E-state index contributed by atoms with van der Waals surface area (Å²) in [7, 11) is 0. The number of amides is 1. The van der Waals surface area contributed by atoms with E-state index in [-0.39, 0.29) is 30.3 Å². The van der Waals surface area contributed by atoms with Crippen LogP contribution in [0, 0.1) is 5.92 Å². The summed E-state index contributed by atoms with van der Waals surface area (Å²) in [5, 5.41) is 2.39. The Hall–Kier alpha value is -1.76. The Labute approximate surface area is 115 Å². The van der Waals surface area contributed by atoms with Crippen molar-refractivity contribution in [2.75, 3.05) is 11.9 Å². The highest BCUT2D eigenvalue weighted by Gasteiger charge is 2.31. The van der Waals surface area contributed by atoms with Gasteiger partial charge in [-0.3, -0.25) is 5.32 Å². The Morgan fingerprint density at radius 2 is 2.05 bits per heavy atom. The highest BCUT2D eigenvalue weighted by atomic mass is 19.4. The molecule has 1 rings (SSSR count). The lowest BCUT2D eigenvalue weighted by molar-refractivity contribution is -0.137. The number of alkyl halides is 3. The molecular weight excluding hydrogens is 273 g/mol. The summed E-state index contributed by atoms with van der Waals surface area (Å²) in [6.45, 7) is 3.85.